The van der Waals surface area contributed by atoms with E-state index in [1.165, 1.54) is 0 Å². The number of aromatic nitrogens is 3. The summed E-state index contributed by atoms with van der Waals surface area (Å²) < 4.78 is 0. The smallest absolute Gasteiger partial charge is 0.134 e. The van der Waals surface area contributed by atoms with Gasteiger partial charge in [-0.3, -0.25) is 4.98 Å². The quantitative estimate of drug-likeness (QED) is 0.807. The Labute approximate surface area is 130 Å². The third-order valence-corrected chi connectivity index (χ3v) is 4.14. The molecule has 2 aromatic heterocycles. The Balaban J connectivity index is 2.36. The Hall–Kier alpha value is -1.62. The molecule has 2 aromatic rings. The minimum absolute atomic E-state index is 0.310. The molecule has 4 nitrogen and oxygen atoms in total. The van der Waals surface area contributed by atoms with Gasteiger partial charge in [-0.2, -0.15) is 0 Å². The predicted octanol–water partition coefficient (Wildman–Crippen LogP) is 4.28. The number of nitrogens with one attached hydrogen (secondary N) is 1. The van der Waals surface area contributed by atoms with Gasteiger partial charge in [-0.25, -0.2) is 9.97 Å². The number of hydrogen-bond acceptors (Lipinski definition) is 5. The minimum atomic E-state index is 0.310. The minimum Gasteiger partial charge on any atom is -0.370 e. The Kier molecular flexibility index (Phi) is 5.56. The molecular formula is C16H22N4S. The molecule has 0 fully saturated rings. The molecule has 112 valence electrons. The van der Waals surface area contributed by atoms with Crippen molar-refractivity contribution in [2.45, 2.75) is 50.0 Å². The van der Waals surface area contributed by atoms with E-state index in [1.807, 2.05) is 12.1 Å². The Bertz CT molecular complexity index is 584. The highest BCUT2D eigenvalue weighted by Crippen LogP contribution is 2.32. The molecule has 5 heteroatoms. The average Bonchev–Trinajstić information content (AvgIpc) is 2.49. The van der Waals surface area contributed by atoms with Gasteiger partial charge in [-0.15, -0.1) is 0 Å². The number of rotatable bonds is 6. The van der Waals surface area contributed by atoms with Crippen molar-refractivity contribution < 1.29 is 0 Å². The van der Waals surface area contributed by atoms with Crippen LogP contribution in [0, 0.1) is 6.92 Å². The summed E-state index contributed by atoms with van der Waals surface area (Å²) >= 11 is 1.66. The van der Waals surface area contributed by atoms with Crippen LogP contribution in [0.2, 0.25) is 0 Å². The fraction of sp³-hybridized carbons (Fsp3) is 0.438. The topological polar surface area (TPSA) is 50.7 Å². The highest BCUT2D eigenvalue weighted by molar-refractivity contribution is 7.99. The summed E-state index contributed by atoms with van der Waals surface area (Å²) in [7, 11) is 0. The average molecular weight is 302 g/mol. The summed E-state index contributed by atoms with van der Waals surface area (Å²) in [4.78, 5) is 14.6. The fourth-order valence-electron chi connectivity index (χ4n) is 1.80. The van der Waals surface area contributed by atoms with E-state index >= 15 is 0 Å². The molecule has 0 unspecified atom stereocenters. The lowest BCUT2D eigenvalue weighted by Crippen LogP contribution is -2.09. The van der Waals surface area contributed by atoms with Crippen molar-refractivity contribution in [3.8, 4) is 0 Å². The van der Waals surface area contributed by atoms with Gasteiger partial charge in [0.1, 0.15) is 16.7 Å². The summed E-state index contributed by atoms with van der Waals surface area (Å²) in [6.45, 7) is 9.39. The van der Waals surface area contributed by atoms with Crippen LogP contribution in [0.25, 0.3) is 0 Å². The summed E-state index contributed by atoms with van der Waals surface area (Å²) in [6.07, 6.45) is 4.68. The van der Waals surface area contributed by atoms with Crippen LogP contribution in [0.15, 0.2) is 34.4 Å². The number of anilines is 1. The molecule has 0 aliphatic rings. The van der Waals surface area contributed by atoms with Gasteiger partial charge in [-0.05, 0) is 25.5 Å². The van der Waals surface area contributed by atoms with Crippen molar-refractivity contribution in [2.24, 2.45) is 0 Å². The molecule has 0 saturated heterocycles. The standard InChI is InChI=1S/C16H22N4S/c1-5-8-18-15-12(4)16(20-14(19-15)11(2)3)21-13-6-9-17-10-7-13/h6-7,9-11H,5,8H2,1-4H3,(H,18,19,20). The molecule has 0 aliphatic carbocycles. The van der Waals surface area contributed by atoms with Crippen LogP contribution in [0.5, 0.6) is 0 Å². The van der Waals surface area contributed by atoms with Gasteiger partial charge >= 0.3 is 0 Å². The second-order valence-electron chi connectivity index (χ2n) is 5.23. The SMILES string of the molecule is CCCNc1nc(C(C)C)nc(Sc2ccncc2)c1C. The van der Waals surface area contributed by atoms with Crippen LogP contribution in [0.4, 0.5) is 5.82 Å². The van der Waals surface area contributed by atoms with E-state index in [-0.39, 0.29) is 0 Å². The van der Waals surface area contributed by atoms with Crippen molar-refractivity contribution in [3.63, 3.8) is 0 Å². The van der Waals surface area contributed by atoms with Crippen LogP contribution in [-0.4, -0.2) is 21.5 Å². The molecule has 0 aliphatic heterocycles. The molecule has 2 rings (SSSR count). The van der Waals surface area contributed by atoms with Crippen molar-refractivity contribution in [3.05, 3.63) is 35.9 Å². The van der Waals surface area contributed by atoms with Crippen LogP contribution < -0.4 is 5.32 Å². The van der Waals surface area contributed by atoms with E-state index in [0.29, 0.717) is 5.92 Å². The van der Waals surface area contributed by atoms with Crippen molar-refractivity contribution >= 4 is 17.6 Å². The van der Waals surface area contributed by atoms with Gasteiger partial charge in [0.25, 0.3) is 0 Å². The van der Waals surface area contributed by atoms with Gasteiger partial charge in [0, 0.05) is 35.3 Å². The third-order valence-electron chi connectivity index (χ3n) is 3.04. The number of hydrogen-bond donors (Lipinski definition) is 1. The Morgan fingerprint density at radius 2 is 1.90 bits per heavy atom. The zero-order valence-electron chi connectivity index (χ0n) is 13.1. The van der Waals surface area contributed by atoms with E-state index < -0.39 is 0 Å². The zero-order chi connectivity index (χ0) is 15.2. The lowest BCUT2D eigenvalue weighted by Gasteiger charge is -2.14. The molecule has 21 heavy (non-hydrogen) atoms. The largest absolute Gasteiger partial charge is 0.370 e. The van der Waals surface area contributed by atoms with E-state index in [0.717, 1.165) is 40.1 Å². The highest BCUT2D eigenvalue weighted by Gasteiger charge is 2.13. The van der Waals surface area contributed by atoms with E-state index in [1.54, 1.807) is 24.2 Å². The Morgan fingerprint density at radius 1 is 1.19 bits per heavy atom. The monoisotopic (exact) mass is 302 g/mol. The van der Waals surface area contributed by atoms with Crippen LogP contribution in [-0.2, 0) is 0 Å². The normalized spacial score (nSPS) is 10.9. The van der Waals surface area contributed by atoms with Gasteiger partial charge in [0.05, 0.1) is 0 Å². The molecule has 0 bridgehead atoms. The first kappa shape index (κ1) is 15.8. The maximum atomic E-state index is 4.73. The van der Waals surface area contributed by atoms with Gasteiger partial charge in [-0.1, -0.05) is 32.5 Å². The maximum Gasteiger partial charge on any atom is 0.134 e. The second kappa shape index (κ2) is 7.41. The van der Waals surface area contributed by atoms with E-state index in [4.69, 9.17) is 4.98 Å². The molecule has 0 spiro atoms. The van der Waals surface area contributed by atoms with Crippen LogP contribution in [0.1, 0.15) is 44.5 Å². The fourth-order valence-corrected chi connectivity index (χ4v) is 2.67. The second-order valence-corrected chi connectivity index (χ2v) is 6.29. The third kappa shape index (κ3) is 4.17. The lowest BCUT2D eigenvalue weighted by molar-refractivity contribution is 0.747. The van der Waals surface area contributed by atoms with E-state index in [2.05, 4.69) is 43.0 Å². The van der Waals surface area contributed by atoms with E-state index in [9.17, 15) is 0 Å². The summed E-state index contributed by atoms with van der Waals surface area (Å²) in [5, 5.41) is 4.42. The molecule has 0 aromatic carbocycles. The highest BCUT2D eigenvalue weighted by atomic mass is 32.2. The van der Waals surface area contributed by atoms with Crippen molar-refractivity contribution in [2.75, 3.05) is 11.9 Å². The van der Waals surface area contributed by atoms with Crippen LogP contribution >= 0.6 is 11.8 Å². The number of nitrogens with zero attached hydrogens (tertiary/aromatic N) is 3. The van der Waals surface area contributed by atoms with Gasteiger partial charge in [0.2, 0.25) is 0 Å². The maximum absolute atomic E-state index is 4.73. The zero-order valence-corrected chi connectivity index (χ0v) is 13.9. The first-order valence-corrected chi connectivity index (χ1v) is 8.13. The van der Waals surface area contributed by atoms with Gasteiger partial charge in [0.15, 0.2) is 0 Å². The summed E-state index contributed by atoms with van der Waals surface area (Å²) in [5.41, 5.74) is 1.11. The molecular weight excluding hydrogens is 280 g/mol. The van der Waals surface area contributed by atoms with Crippen molar-refractivity contribution in [1.29, 1.82) is 0 Å². The molecule has 0 saturated carbocycles. The lowest BCUT2D eigenvalue weighted by atomic mass is 10.2. The number of pyridine rings is 1. The Morgan fingerprint density at radius 3 is 2.52 bits per heavy atom. The summed E-state index contributed by atoms with van der Waals surface area (Å²) in [6, 6.07) is 4.00. The molecule has 0 amide bonds. The van der Waals surface area contributed by atoms with Crippen LogP contribution in [0.3, 0.4) is 0 Å². The summed E-state index contributed by atoms with van der Waals surface area (Å²) in [5.74, 6) is 2.15. The molecule has 0 radical (unpaired) electrons. The first-order chi connectivity index (χ1) is 10.1. The van der Waals surface area contributed by atoms with Gasteiger partial charge < -0.3 is 5.32 Å². The van der Waals surface area contributed by atoms with Crippen molar-refractivity contribution in [1.82, 2.24) is 15.0 Å². The molecule has 2 heterocycles. The predicted molar refractivity (Wildman–Crippen MR) is 88.0 cm³/mol. The molecule has 0 atom stereocenters. The first-order valence-electron chi connectivity index (χ1n) is 7.32. The molecule has 1 N–H and O–H groups in total.